The molecule has 0 spiro atoms. The minimum absolute atomic E-state index is 0.0625. The molecule has 0 radical (unpaired) electrons. The molecule has 0 atom stereocenters. The van der Waals surface area contributed by atoms with E-state index in [1.54, 1.807) is 14.1 Å². The highest BCUT2D eigenvalue weighted by Gasteiger charge is 2.05. The molecule has 0 unspecified atom stereocenters. The summed E-state index contributed by atoms with van der Waals surface area (Å²) in [7, 11) is 3.42. The Morgan fingerprint density at radius 1 is 1.03 bits per heavy atom. The van der Waals surface area contributed by atoms with Crippen molar-refractivity contribution in [2.75, 3.05) is 27.2 Å². The number of aromatic nitrogens is 1. The molecule has 0 aliphatic heterocycles. The lowest BCUT2D eigenvalue weighted by molar-refractivity contribution is 0.0963. The zero-order chi connectivity index (χ0) is 20.5. The summed E-state index contributed by atoms with van der Waals surface area (Å²) in [5, 5.41) is 10.7. The van der Waals surface area contributed by atoms with Gasteiger partial charge in [0.05, 0.1) is 0 Å². The van der Waals surface area contributed by atoms with Crippen LogP contribution in [-0.4, -0.2) is 44.0 Å². The lowest BCUT2D eigenvalue weighted by Crippen LogP contribution is -2.38. The molecule has 2 aromatic carbocycles. The summed E-state index contributed by atoms with van der Waals surface area (Å²) in [5.41, 5.74) is 4.34. The average molecular weight is 392 g/mol. The molecule has 3 rings (SSSR count). The molecule has 0 aliphatic carbocycles. The smallest absolute Gasteiger partial charge is 0.251 e. The van der Waals surface area contributed by atoms with Gasteiger partial charge in [0, 0.05) is 49.8 Å². The van der Waals surface area contributed by atoms with Crippen molar-refractivity contribution in [3.8, 4) is 0 Å². The number of fused-ring (bicyclic) bond motifs is 1. The van der Waals surface area contributed by atoms with Crippen LogP contribution in [0.3, 0.4) is 0 Å². The number of hydrogen-bond donors (Lipinski definition) is 4. The van der Waals surface area contributed by atoms with Gasteiger partial charge < -0.3 is 20.9 Å². The first-order valence-corrected chi connectivity index (χ1v) is 10.0. The highest BCUT2D eigenvalue weighted by Crippen LogP contribution is 2.18. The molecule has 6 heteroatoms. The quantitative estimate of drug-likeness (QED) is 0.271. The van der Waals surface area contributed by atoms with E-state index in [-0.39, 0.29) is 5.91 Å². The molecule has 29 heavy (non-hydrogen) atoms. The number of para-hydroxylation sites is 1. The van der Waals surface area contributed by atoms with E-state index in [1.165, 1.54) is 16.5 Å². The third-order valence-corrected chi connectivity index (χ3v) is 4.94. The van der Waals surface area contributed by atoms with Gasteiger partial charge in [-0.3, -0.25) is 9.79 Å². The first-order valence-electron chi connectivity index (χ1n) is 10.0. The average Bonchev–Trinajstić information content (AvgIpc) is 3.18. The fraction of sp³-hybridized carbons (Fsp3) is 0.304. The van der Waals surface area contributed by atoms with Crippen molar-refractivity contribution < 1.29 is 4.79 Å². The van der Waals surface area contributed by atoms with Gasteiger partial charge in [-0.2, -0.15) is 0 Å². The third kappa shape index (κ3) is 5.60. The van der Waals surface area contributed by atoms with Gasteiger partial charge in [0.15, 0.2) is 5.96 Å². The standard InChI is InChI=1S/C23H29N5O/c1-24-22(29)18-8-5-7-17(15-18)12-14-27-23(25-2)26-13-6-9-19-16-28-21-11-4-3-10-20(19)21/h3-5,7-8,10-11,15-16,28H,6,9,12-14H2,1-2H3,(H,24,29)(H2,25,26,27). The van der Waals surface area contributed by atoms with E-state index in [9.17, 15) is 4.79 Å². The second kappa shape index (κ2) is 10.3. The van der Waals surface area contributed by atoms with Gasteiger partial charge in [-0.1, -0.05) is 30.3 Å². The second-order valence-electron chi connectivity index (χ2n) is 6.92. The summed E-state index contributed by atoms with van der Waals surface area (Å²) >= 11 is 0. The van der Waals surface area contributed by atoms with Crippen molar-refractivity contribution in [2.45, 2.75) is 19.3 Å². The monoisotopic (exact) mass is 391 g/mol. The van der Waals surface area contributed by atoms with Crippen LogP contribution in [0.2, 0.25) is 0 Å². The van der Waals surface area contributed by atoms with E-state index >= 15 is 0 Å². The SMILES string of the molecule is CN=C(NCCCc1c[nH]c2ccccc12)NCCc1cccc(C(=O)NC)c1. The second-order valence-corrected chi connectivity index (χ2v) is 6.92. The molecule has 1 amide bonds. The van der Waals surface area contributed by atoms with Gasteiger partial charge >= 0.3 is 0 Å². The molecule has 1 aromatic heterocycles. The third-order valence-electron chi connectivity index (χ3n) is 4.94. The fourth-order valence-electron chi connectivity index (χ4n) is 3.38. The van der Waals surface area contributed by atoms with E-state index in [0.717, 1.165) is 43.9 Å². The topological polar surface area (TPSA) is 81.3 Å². The van der Waals surface area contributed by atoms with Crippen molar-refractivity contribution in [1.82, 2.24) is 20.9 Å². The van der Waals surface area contributed by atoms with Crippen LogP contribution in [0.15, 0.2) is 59.7 Å². The van der Waals surface area contributed by atoms with Gasteiger partial charge in [-0.25, -0.2) is 0 Å². The molecular weight excluding hydrogens is 362 g/mol. The zero-order valence-electron chi connectivity index (χ0n) is 17.1. The van der Waals surface area contributed by atoms with Crippen LogP contribution in [0.4, 0.5) is 0 Å². The lowest BCUT2D eigenvalue weighted by atomic mass is 10.1. The van der Waals surface area contributed by atoms with Crippen LogP contribution in [0.5, 0.6) is 0 Å². The predicted octanol–water partition coefficient (Wildman–Crippen LogP) is 2.87. The minimum Gasteiger partial charge on any atom is -0.361 e. The van der Waals surface area contributed by atoms with Crippen molar-refractivity contribution in [3.05, 3.63) is 71.4 Å². The molecule has 0 saturated heterocycles. The number of carbonyl (C=O) groups is 1. The number of rotatable bonds is 8. The minimum atomic E-state index is -0.0625. The Morgan fingerprint density at radius 2 is 1.86 bits per heavy atom. The highest BCUT2D eigenvalue weighted by molar-refractivity contribution is 5.94. The van der Waals surface area contributed by atoms with E-state index < -0.39 is 0 Å². The summed E-state index contributed by atoms with van der Waals surface area (Å²) in [5.74, 6) is 0.735. The van der Waals surface area contributed by atoms with Crippen molar-refractivity contribution in [3.63, 3.8) is 0 Å². The normalized spacial score (nSPS) is 11.4. The molecule has 0 bridgehead atoms. The Morgan fingerprint density at radius 3 is 2.69 bits per heavy atom. The summed E-state index contributed by atoms with van der Waals surface area (Å²) in [6.07, 6.45) is 4.96. The van der Waals surface area contributed by atoms with Gasteiger partial charge in [-0.15, -0.1) is 0 Å². The van der Waals surface area contributed by atoms with E-state index in [0.29, 0.717) is 5.56 Å². The maximum absolute atomic E-state index is 11.7. The molecule has 6 nitrogen and oxygen atoms in total. The number of amides is 1. The first kappa shape index (κ1) is 20.5. The molecule has 1 heterocycles. The maximum Gasteiger partial charge on any atom is 0.251 e. The molecule has 4 N–H and O–H groups in total. The number of benzene rings is 2. The van der Waals surface area contributed by atoms with Gasteiger partial charge in [-0.05, 0) is 48.6 Å². The van der Waals surface area contributed by atoms with Crippen LogP contribution >= 0.6 is 0 Å². The van der Waals surface area contributed by atoms with Crippen LogP contribution in [0, 0.1) is 0 Å². The summed E-state index contributed by atoms with van der Waals surface area (Å²) in [6, 6.07) is 16.1. The van der Waals surface area contributed by atoms with Crippen LogP contribution < -0.4 is 16.0 Å². The van der Waals surface area contributed by atoms with Crippen molar-refractivity contribution in [1.29, 1.82) is 0 Å². The van der Waals surface area contributed by atoms with Gasteiger partial charge in [0.2, 0.25) is 0 Å². The van der Waals surface area contributed by atoms with E-state index in [2.05, 4.69) is 56.4 Å². The number of carbonyl (C=O) groups excluding carboxylic acids is 1. The maximum atomic E-state index is 11.7. The van der Waals surface area contributed by atoms with Crippen molar-refractivity contribution >= 4 is 22.8 Å². The Hall–Kier alpha value is -3.28. The summed E-state index contributed by atoms with van der Waals surface area (Å²) < 4.78 is 0. The van der Waals surface area contributed by atoms with E-state index in [1.807, 2.05) is 24.3 Å². The van der Waals surface area contributed by atoms with Crippen LogP contribution in [-0.2, 0) is 12.8 Å². The summed E-state index contributed by atoms with van der Waals surface area (Å²) in [4.78, 5) is 19.4. The van der Waals surface area contributed by atoms with Crippen molar-refractivity contribution in [2.24, 2.45) is 4.99 Å². The number of nitrogens with zero attached hydrogens (tertiary/aromatic N) is 1. The number of nitrogens with one attached hydrogen (secondary N) is 4. The number of aryl methyl sites for hydroxylation is 1. The number of aromatic amines is 1. The predicted molar refractivity (Wildman–Crippen MR) is 120 cm³/mol. The number of H-pyrrole nitrogens is 1. The largest absolute Gasteiger partial charge is 0.361 e. The van der Waals surface area contributed by atoms with Crippen LogP contribution in [0.25, 0.3) is 10.9 Å². The highest BCUT2D eigenvalue weighted by atomic mass is 16.1. The fourth-order valence-corrected chi connectivity index (χ4v) is 3.38. The molecule has 0 aliphatic rings. The summed E-state index contributed by atoms with van der Waals surface area (Å²) in [6.45, 7) is 1.60. The van der Waals surface area contributed by atoms with Gasteiger partial charge in [0.25, 0.3) is 5.91 Å². The Balaban J connectivity index is 1.40. The molecule has 3 aromatic rings. The molecule has 0 saturated carbocycles. The Kier molecular flexibility index (Phi) is 7.28. The number of guanidine groups is 1. The first-order chi connectivity index (χ1) is 14.2. The van der Waals surface area contributed by atoms with E-state index in [4.69, 9.17) is 0 Å². The molecule has 0 fully saturated rings. The zero-order valence-corrected chi connectivity index (χ0v) is 17.1. The number of hydrogen-bond acceptors (Lipinski definition) is 2. The van der Waals surface area contributed by atoms with Gasteiger partial charge in [0.1, 0.15) is 0 Å². The molecular formula is C23H29N5O. The number of aliphatic imine (C=N–C) groups is 1. The Bertz CT molecular complexity index is 976. The lowest BCUT2D eigenvalue weighted by Gasteiger charge is -2.12. The van der Waals surface area contributed by atoms with Crippen LogP contribution in [0.1, 0.15) is 27.9 Å². The molecule has 152 valence electrons. The Labute approximate surface area is 171 Å².